The number of hydrogen-bond acceptors (Lipinski definition) is 4. The summed E-state index contributed by atoms with van der Waals surface area (Å²) in [6.07, 6.45) is -0.457. The van der Waals surface area contributed by atoms with E-state index in [1.54, 1.807) is 9.47 Å². The van der Waals surface area contributed by atoms with E-state index >= 15 is 0 Å². The van der Waals surface area contributed by atoms with Crippen LogP contribution in [0.15, 0.2) is 59.4 Å². The van der Waals surface area contributed by atoms with Crippen LogP contribution in [-0.4, -0.2) is 68.8 Å². The lowest BCUT2D eigenvalue weighted by Gasteiger charge is -2.33. The average molecular weight is 464 g/mol. The number of benzene rings is 2. The van der Waals surface area contributed by atoms with E-state index in [9.17, 15) is 19.5 Å². The lowest BCUT2D eigenvalue weighted by Crippen LogP contribution is -2.50. The van der Waals surface area contributed by atoms with E-state index in [1.165, 1.54) is 9.47 Å². The predicted molar refractivity (Wildman–Crippen MR) is 129 cm³/mol. The van der Waals surface area contributed by atoms with Crippen molar-refractivity contribution in [2.75, 3.05) is 32.7 Å². The molecule has 4 rings (SSSR count). The van der Waals surface area contributed by atoms with Gasteiger partial charge < -0.3 is 20.6 Å². The maximum Gasteiger partial charge on any atom is 0.407 e. The SMILES string of the molecule is Cc1ccccc1-n1c(-c2ccccc2)c(C(=O)N2CCN(C(=O)O)CC2)n(CCCN)c1=O. The van der Waals surface area contributed by atoms with Gasteiger partial charge in [-0.1, -0.05) is 48.5 Å². The molecule has 1 aliphatic heterocycles. The van der Waals surface area contributed by atoms with Gasteiger partial charge >= 0.3 is 11.8 Å². The van der Waals surface area contributed by atoms with E-state index < -0.39 is 6.09 Å². The van der Waals surface area contributed by atoms with Crippen LogP contribution in [0.2, 0.25) is 0 Å². The topological polar surface area (TPSA) is 114 Å². The minimum absolute atomic E-state index is 0.229. The Morgan fingerprint density at radius 3 is 2.18 bits per heavy atom. The van der Waals surface area contributed by atoms with E-state index in [4.69, 9.17) is 5.73 Å². The smallest absolute Gasteiger partial charge is 0.407 e. The zero-order valence-corrected chi connectivity index (χ0v) is 19.2. The Labute approximate surface area is 197 Å². The molecule has 3 N–H and O–H groups in total. The zero-order valence-electron chi connectivity index (χ0n) is 19.2. The number of carbonyl (C=O) groups is 2. The molecule has 2 amide bonds. The molecule has 2 aromatic carbocycles. The number of nitrogens with two attached hydrogens (primary N) is 1. The fraction of sp³-hybridized carbons (Fsp3) is 0.320. The highest BCUT2D eigenvalue weighted by Crippen LogP contribution is 2.29. The third-order valence-electron chi connectivity index (χ3n) is 6.17. The molecule has 0 spiro atoms. The van der Waals surface area contributed by atoms with Crippen LogP contribution in [0.5, 0.6) is 0 Å². The van der Waals surface area contributed by atoms with Crippen molar-refractivity contribution in [3.63, 3.8) is 0 Å². The number of aryl methyl sites for hydroxylation is 1. The molecule has 1 aromatic heterocycles. The Balaban J connectivity index is 1.92. The van der Waals surface area contributed by atoms with Gasteiger partial charge in [-0.05, 0) is 31.5 Å². The average Bonchev–Trinajstić information content (AvgIpc) is 3.14. The van der Waals surface area contributed by atoms with Crippen molar-refractivity contribution in [2.24, 2.45) is 5.73 Å². The number of piperazine rings is 1. The quantitative estimate of drug-likeness (QED) is 0.583. The van der Waals surface area contributed by atoms with Gasteiger partial charge in [0.05, 0.1) is 11.4 Å². The number of rotatable bonds is 6. The molecule has 2 heterocycles. The Morgan fingerprint density at radius 2 is 1.56 bits per heavy atom. The molecule has 1 aliphatic rings. The highest BCUT2D eigenvalue weighted by molar-refractivity contribution is 5.99. The van der Waals surface area contributed by atoms with Crippen LogP contribution in [-0.2, 0) is 6.54 Å². The molecule has 0 atom stereocenters. The van der Waals surface area contributed by atoms with Crippen molar-refractivity contribution >= 4 is 12.0 Å². The highest BCUT2D eigenvalue weighted by atomic mass is 16.4. The number of para-hydroxylation sites is 1. The summed E-state index contributed by atoms with van der Waals surface area (Å²) in [5.41, 5.74) is 8.66. The fourth-order valence-electron chi connectivity index (χ4n) is 4.37. The normalized spacial score (nSPS) is 13.8. The maximum absolute atomic E-state index is 13.9. The molecule has 9 heteroatoms. The molecule has 34 heavy (non-hydrogen) atoms. The van der Waals surface area contributed by atoms with E-state index in [1.807, 2.05) is 61.5 Å². The summed E-state index contributed by atoms with van der Waals surface area (Å²) in [6.45, 7) is 3.61. The van der Waals surface area contributed by atoms with Crippen molar-refractivity contribution in [3.8, 4) is 16.9 Å². The molecule has 9 nitrogen and oxygen atoms in total. The fourth-order valence-corrected chi connectivity index (χ4v) is 4.37. The van der Waals surface area contributed by atoms with Crippen LogP contribution >= 0.6 is 0 Å². The Kier molecular flexibility index (Phi) is 6.83. The molecule has 3 aromatic rings. The molecular weight excluding hydrogens is 434 g/mol. The minimum Gasteiger partial charge on any atom is -0.465 e. The number of hydrogen-bond donors (Lipinski definition) is 2. The largest absolute Gasteiger partial charge is 0.465 e. The Hall–Kier alpha value is -3.85. The van der Waals surface area contributed by atoms with Gasteiger partial charge in [0.25, 0.3) is 5.91 Å². The van der Waals surface area contributed by atoms with Gasteiger partial charge in [-0.15, -0.1) is 0 Å². The monoisotopic (exact) mass is 463 g/mol. The van der Waals surface area contributed by atoms with Gasteiger partial charge in [0, 0.05) is 38.3 Å². The summed E-state index contributed by atoms with van der Waals surface area (Å²) in [5.74, 6) is -0.287. The first kappa shape index (κ1) is 23.3. The van der Waals surface area contributed by atoms with Crippen LogP contribution in [0.4, 0.5) is 4.79 Å². The first-order chi connectivity index (χ1) is 16.4. The first-order valence-corrected chi connectivity index (χ1v) is 11.4. The molecule has 1 fully saturated rings. The third-order valence-corrected chi connectivity index (χ3v) is 6.17. The molecular formula is C25H29N5O4. The van der Waals surface area contributed by atoms with Crippen LogP contribution in [0.3, 0.4) is 0 Å². The van der Waals surface area contributed by atoms with Gasteiger partial charge in [0.15, 0.2) is 0 Å². The number of nitrogens with zero attached hydrogens (tertiary/aromatic N) is 4. The van der Waals surface area contributed by atoms with Crippen LogP contribution in [0, 0.1) is 6.92 Å². The third kappa shape index (κ3) is 4.34. The predicted octanol–water partition coefficient (Wildman–Crippen LogP) is 2.40. The summed E-state index contributed by atoms with van der Waals surface area (Å²) in [6, 6.07) is 17.0. The molecule has 0 bridgehead atoms. The summed E-state index contributed by atoms with van der Waals surface area (Å²) < 4.78 is 3.13. The van der Waals surface area contributed by atoms with Crippen LogP contribution < -0.4 is 11.4 Å². The molecule has 0 saturated carbocycles. The van der Waals surface area contributed by atoms with E-state index in [0.29, 0.717) is 36.6 Å². The Bertz CT molecular complexity index is 1240. The number of carbonyl (C=O) groups excluding carboxylic acids is 1. The summed E-state index contributed by atoms with van der Waals surface area (Å²) in [5, 5.41) is 9.27. The molecule has 0 unspecified atom stereocenters. The van der Waals surface area contributed by atoms with E-state index in [0.717, 1.165) is 11.1 Å². The van der Waals surface area contributed by atoms with Gasteiger partial charge in [0.1, 0.15) is 5.69 Å². The van der Waals surface area contributed by atoms with Crippen molar-refractivity contribution in [2.45, 2.75) is 19.9 Å². The number of carboxylic acid groups (broad SMARTS) is 1. The van der Waals surface area contributed by atoms with Gasteiger partial charge in [0.2, 0.25) is 0 Å². The number of aromatic nitrogens is 2. The standard InChI is InChI=1S/C25H29N5O4/c1-18-8-5-6-11-20(18)30-21(19-9-3-2-4-10-19)22(29(24(30)32)13-7-12-26)23(31)27-14-16-28(17-15-27)25(33)34/h2-6,8-11H,7,12-17,26H2,1H3,(H,33,34). The molecule has 178 valence electrons. The van der Waals surface area contributed by atoms with Crippen molar-refractivity contribution in [3.05, 3.63) is 76.3 Å². The summed E-state index contributed by atoms with van der Waals surface area (Å²) in [4.78, 5) is 41.9. The molecule has 0 radical (unpaired) electrons. The minimum atomic E-state index is -0.998. The summed E-state index contributed by atoms with van der Waals surface area (Å²) >= 11 is 0. The van der Waals surface area contributed by atoms with Crippen LogP contribution in [0.25, 0.3) is 16.9 Å². The van der Waals surface area contributed by atoms with Gasteiger partial charge in [-0.25, -0.2) is 9.59 Å². The van der Waals surface area contributed by atoms with Crippen molar-refractivity contribution in [1.29, 1.82) is 0 Å². The highest BCUT2D eigenvalue weighted by Gasteiger charge is 2.32. The molecule has 0 aliphatic carbocycles. The zero-order chi connectivity index (χ0) is 24.2. The number of imidazole rings is 1. The van der Waals surface area contributed by atoms with Crippen molar-refractivity contribution < 1.29 is 14.7 Å². The molecule has 1 saturated heterocycles. The second-order valence-corrected chi connectivity index (χ2v) is 8.32. The van der Waals surface area contributed by atoms with Gasteiger partial charge in [-0.2, -0.15) is 0 Å². The van der Waals surface area contributed by atoms with E-state index in [2.05, 4.69) is 0 Å². The lowest BCUT2D eigenvalue weighted by atomic mass is 10.1. The van der Waals surface area contributed by atoms with E-state index in [-0.39, 0.29) is 37.8 Å². The Morgan fingerprint density at radius 1 is 0.941 bits per heavy atom. The lowest BCUT2D eigenvalue weighted by molar-refractivity contribution is 0.0615. The van der Waals surface area contributed by atoms with Gasteiger partial charge in [-0.3, -0.25) is 13.9 Å². The maximum atomic E-state index is 13.9. The van der Waals surface area contributed by atoms with Crippen LogP contribution in [0.1, 0.15) is 22.5 Å². The first-order valence-electron chi connectivity index (χ1n) is 11.4. The van der Waals surface area contributed by atoms with Crippen molar-refractivity contribution in [1.82, 2.24) is 18.9 Å². The second-order valence-electron chi connectivity index (χ2n) is 8.32. The number of amides is 2. The second kappa shape index (κ2) is 9.96. The summed E-state index contributed by atoms with van der Waals surface area (Å²) in [7, 11) is 0.